The second-order valence-electron chi connectivity index (χ2n) is 4.12. The van der Waals surface area contributed by atoms with E-state index in [2.05, 4.69) is 4.74 Å². The molecule has 0 bridgehead atoms. The maximum absolute atomic E-state index is 10.2. The van der Waals surface area contributed by atoms with Crippen molar-refractivity contribution in [3.05, 3.63) is 0 Å². The van der Waals surface area contributed by atoms with Crippen molar-refractivity contribution in [2.75, 3.05) is 33.5 Å². The summed E-state index contributed by atoms with van der Waals surface area (Å²) in [6.07, 6.45) is 1.45. The normalized spacial score (nSPS) is 14.3. The van der Waals surface area contributed by atoms with Gasteiger partial charge in [0.25, 0.3) is 0 Å². The van der Waals surface area contributed by atoms with E-state index < -0.39 is 18.2 Å². The largest absolute Gasteiger partial charge is 0.550 e. The third kappa shape index (κ3) is 21.6. The van der Waals surface area contributed by atoms with Crippen LogP contribution in [0.1, 0.15) is 26.7 Å². The maximum atomic E-state index is 10.2. The van der Waals surface area contributed by atoms with Crippen molar-refractivity contribution in [1.82, 2.24) is 0 Å². The van der Waals surface area contributed by atoms with Crippen LogP contribution >= 0.6 is 0 Å². The molecule has 130 valence electrons. The lowest BCUT2D eigenvalue weighted by molar-refractivity contribution is -0.333. The Morgan fingerprint density at radius 3 is 2.18 bits per heavy atom. The number of carbonyl (C=O) groups excluding carboxylic acids is 2. The van der Waals surface area contributed by atoms with Gasteiger partial charge in [-0.25, -0.2) is 0 Å². The zero-order chi connectivity index (χ0) is 17.2. The molecule has 0 spiro atoms. The molecule has 1 aliphatic rings. The Balaban J connectivity index is 0. The summed E-state index contributed by atoms with van der Waals surface area (Å²) in [7, 11) is 1.24. The molecule has 22 heavy (non-hydrogen) atoms. The number of carboxylic acid groups (broad SMARTS) is 2. The molecule has 1 rings (SSSR count). The number of carboxylic acids is 2. The molecule has 8 nitrogen and oxygen atoms in total. The molecular formula is C13H25AlO8-2. The third-order valence-corrected chi connectivity index (χ3v) is 3.55. The van der Waals surface area contributed by atoms with Crippen molar-refractivity contribution in [2.45, 2.75) is 38.3 Å². The predicted molar refractivity (Wildman–Crippen MR) is 76.1 cm³/mol. The first kappa shape index (κ1) is 23.6. The zero-order valence-electron chi connectivity index (χ0n) is 13.5. The summed E-state index contributed by atoms with van der Waals surface area (Å²) in [5.41, 5.74) is 0. The number of methoxy groups -OCH3 is 1. The van der Waals surface area contributed by atoms with E-state index in [-0.39, 0.29) is 22.2 Å². The second-order valence-corrected chi connectivity index (χ2v) is 5.64. The highest BCUT2D eigenvalue weighted by Gasteiger charge is 2.06. The van der Waals surface area contributed by atoms with E-state index in [9.17, 15) is 9.90 Å². The molecule has 1 aliphatic heterocycles. The van der Waals surface area contributed by atoms with Gasteiger partial charge in [0.2, 0.25) is 0 Å². The number of rotatable bonds is 7. The number of hydrogen-bond donors (Lipinski definition) is 0. The van der Waals surface area contributed by atoms with Crippen molar-refractivity contribution in [1.29, 1.82) is 0 Å². The highest BCUT2D eigenvalue weighted by atomic mass is 27.1. The molecule has 0 aliphatic carbocycles. The quantitative estimate of drug-likeness (QED) is 0.300. The lowest BCUT2D eigenvalue weighted by Crippen LogP contribution is -2.39. The molecule has 9 heteroatoms. The van der Waals surface area contributed by atoms with Crippen LogP contribution in [0.2, 0.25) is 5.28 Å². The minimum absolute atomic E-state index is 0.00849. The molecule has 1 atom stereocenters. The van der Waals surface area contributed by atoms with Gasteiger partial charge >= 0.3 is 15.6 Å². The summed E-state index contributed by atoms with van der Waals surface area (Å²) in [5, 5.41) is 20.5. The second kappa shape index (κ2) is 18.4. The van der Waals surface area contributed by atoms with E-state index in [1.165, 1.54) is 25.2 Å². The maximum Gasteiger partial charge on any atom is 0.435 e. The third-order valence-electron chi connectivity index (χ3n) is 2.18. The highest BCUT2D eigenvalue weighted by molar-refractivity contribution is 6.27. The predicted octanol–water partition coefficient (Wildman–Crippen LogP) is -1.92. The molecule has 0 N–H and O–H groups in total. The van der Waals surface area contributed by atoms with Crippen LogP contribution in [0.3, 0.4) is 0 Å². The monoisotopic (exact) mass is 336 g/mol. The van der Waals surface area contributed by atoms with Crippen LogP contribution in [0.25, 0.3) is 0 Å². The van der Waals surface area contributed by atoms with E-state index in [0.29, 0.717) is 13.2 Å². The summed E-state index contributed by atoms with van der Waals surface area (Å²) < 4.78 is 19.3. The van der Waals surface area contributed by atoms with E-state index in [0.717, 1.165) is 13.5 Å². The lowest BCUT2D eigenvalue weighted by atomic mass is 10.4. The number of hydrogen-bond acceptors (Lipinski definition) is 8. The average molecular weight is 336 g/mol. The van der Waals surface area contributed by atoms with E-state index in [1.54, 1.807) is 0 Å². The van der Waals surface area contributed by atoms with Gasteiger partial charge in [-0.15, -0.1) is 0 Å². The first-order valence-electron chi connectivity index (χ1n) is 7.14. The van der Waals surface area contributed by atoms with Crippen molar-refractivity contribution in [3.63, 3.8) is 0 Å². The molecule has 1 saturated heterocycles. The van der Waals surface area contributed by atoms with Gasteiger partial charge < -0.3 is 37.8 Å². The fourth-order valence-electron chi connectivity index (χ4n) is 1.28. The first-order valence-corrected chi connectivity index (χ1v) is 8.71. The van der Waals surface area contributed by atoms with Gasteiger partial charge in [-0.05, 0) is 20.3 Å². The minimum Gasteiger partial charge on any atom is -0.550 e. The molecule has 0 aromatic heterocycles. The van der Waals surface area contributed by atoms with Crippen LogP contribution in [0.5, 0.6) is 0 Å². The molecular weight excluding hydrogens is 311 g/mol. The van der Waals surface area contributed by atoms with Crippen LogP contribution in [0.15, 0.2) is 0 Å². The van der Waals surface area contributed by atoms with E-state index >= 15 is 0 Å². The van der Waals surface area contributed by atoms with Crippen molar-refractivity contribution >= 4 is 27.5 Å². The van der Waals surface area contributed by atoms with Gasteiger partial charge in [0.15, 0.2) is 6.29 Å². The molecule has 1 unspecified atom stereocenters. The van der Waals surface area contributed by atoms with Crippen LogP contribution in [0.4, 0.5) is 0 Å². The summed E-state index contributed by atoms with van der Waals surface area (Å²) in [6.45, 7) is 4.98. The molecule has 1 fully saturated rings. The standard InChI is InChI=1S/C7H14O5.C4H8O.C2H4O2.Al.H/c1-3-11-4-5-12-7(10-2)6(8)9;1-2-3-4-5;1-2(3)4;;/h7H,3-5H2,1-2H3,(H,8,9);1-4H2;1H3,(H,3,4);;/q;-1;;+1;/p-2. The van der Waals surface area contributed by atoms with Gasteiger partial charge in [0.05, 0.1) is 19.2 Å². The summed E-state index contributed by atoms with van der Waals surface area (Å²) >= 11 is 0.00849. The van der Waals surface area contributed by atoms with Crippen molar-refractivity contribution < 1.29 is 37.8 Å². The van der Waals surface area contributed by atoms with Crippen molar-refractivity contribution in [2.24, 2.45) is 0 Å². The fraction of sp³-hybridized carbons (Fsp3) is 0.846. The number of carbonyl (C=O) groups is 2. The Morgan fingerprint density at radius 2 is 1.91 bits per heavy atom. The van der Waals surface area contributed by atoms with Gasteiger partial charge in [-0.1, -0.05) is 11.7 Å². The summed E-state index contributed by atoms with van der Waals surface area (Å²) in [5.74, 6) is -2.46. The summed E-state index contributed by atoms with van der Waals surface area (Å²) in [4.78, 5) is 19.1. The van der Waals surface area contributed by atoms with Crippen LogP contribution in [0, 0.1) is 0 Å². The molecule has 0 radical (unpaired) electrons. The Kier molecular flexibility index (Phi) is 19.7. The van der Waals surface area contributed by atoms with Gasteiger partial charge in [0.1, 0.15) is 0 Å². The first-order chi connectivity index (χ1) is 10.5. The molecule has 0 amide bonds. The van der Waals surface area contributed by atoms with Crippen LogP contribution in [-0.4, -0.2) is 67.3 Å². The fourth-order valence-corrected chi connectivity index (χ4v) is 2.45. The SMILES string of the molecule is C1C[CH2][AlH][O]C1.CC(=O)[O-].CCOCCOC(OC)C(=O)[O-]. The van der Waals surface area contributed by atoms with E-state index in [1.807, 2.05) is 6.92 Å². The topological polar surface area (TPSA) is 117 Å². The average Bonchev–Trinajstić information content (AvgIpc) is 2.49. The van der Waals surface area contributed by atoms with Gasteiger partial charge in [0, 0.05) is 26.3 Å². The van der Waals surface area contributed by atoms with Crippen LogP contribution in [-0.2, 0) is 27.6 Å². The Morgan fingerprint density at radius 1 is 1.27 bits per heavy atom. The van der Waals surface area contributed by atoms with Crippen molar-refractivity contribution in [3.8, 4) is 0 Å². The zero-order valence-corrected chi connectivity index (χ0v) is 14.9. The number of ether oxygens (including phenoxy) is 3. The molecule has 0 aromatic carbocycles. The number of aliphatic carboxylic acids is 2. The molecule has 0 aromatic rings. The smallest absolute Gasteiger partial charge is 0.435 e. The highest BCUT2D eigenvalue weighted by Crippen LogP contribution is 2.01. The Bertz CT molecular complexity index is 255. The Hall–Kier alpha value is -0.688. The van der Waals surface area contributed by atoms with Crippen LogP contribution < -0.4 is 10.2 Å². The molecule has 1 heterocycles. The Labute approximate surface area is 137 Å². The molecule has 0 saturated carbocycles. The minimum atomic E-state index is -1.38. The van der Waals surface area contributed by atoms with Gasteiger partial charge in [-0.3, -0.25) is 0 Å². The van der Waals surface area contributed by atoms with E-state index in [4.69, 9.17) is 23.2 Å². The van der Waals surface area contributed by atoms with Gasteiger partial charge in [-0.2, -0.15) is 0 Å². The summed E-state index contributed by atoms with van der Waals surface area (Å²) in [6, 6.07) is 0. The lowest BCUT2D eigenvalue weighted by Gasteiger charge is -2.16.